The molecule has 4 rings (SSSR count). The molecule has 2 aliphatic carbocycles. The molecule has 40 heavy (non-hydrogen) atoms. The Bertz CT molecular complexity index is 1190. The molecule has 6 unspecified atom stereocenters. The van der Waals surface area contributed by atoms with E-state index in [1.54, 1.807) is 18.9 Å². The van der Waals surface area contributed by atoms with Gasteiger partial charge in [0.25, 0.3) is 0 Å². The summed E-state index contributed by atoms with van der Waals surface area (Å²) in [4.78, 5) is 27.0. The van der Waals surface area contributed by atoms with Gasteiger partial charge in [0, 0.05) is 34.5 Å². The summed E-state index contributed by atoms with van der Waals surface area (Å²) in [5.41, 5.74) is 0.427. The number of aliphatic hydroxyl groups is 2. The maximum absolute atomic E-state index is 13.1. The first-order chi connectivity index (χ1) is 19.1. The molecule has 2 saturated carbocycles. The van der Waals surface area contributed by atoms with E-state index in [9.17, 15) is 19.8 Å². The topological polar surface area (TPSA) is 117 Å². The summed E-state index contributed by atoms with van der Waals surface area (Å²) in [6.45, 7) is 4.27. The van der Waals surface area contributed by atoms with Crippen LogP contribution >= 0.6 is 11.8 Å². The van der Waals surface area contributed by atoms with Crippen LogP contribution in [-0.2, 0) is 16.1 Å². The van der Waals surface area contributed by atoms with E-state index in [4.69, 9.17) is 9.47 Å². The zero-order chi connectivity index (χ0) is 28.9. The lowest BCUT2D eigenvalue weighted by Gasteiger charge is -2.60. The molecule has 2 aromatic rings. The number of amides is 2. The Morgan fingerprint density at radius 3 is 2.60 bits per heavy atom. The molecule has 0 aromatic heterocycles. The number of methoxy groups -OCH3 is 1. The number of para-hydroxylation sites is 1. The second-order valence-corrected chi connectivity index (χ2v) is 12.4. The van der Waals surface area contributed by atoms with Gasteiger partial charge in [-0.15, -0.1) is 11.8 Å². The molecule has 2 amide bonds. The molecule has 2 aromatic carbocycles. The fraction of sp³-hybridized carbons (Fsp3) is 0.548. The molecule has 0 aliphatic heterocycles. The average Bonchev–Trinajstić information content (AvgIpc) is 2.95. The molecule has 8 nitrogen and oxygen atoms in total. The number of benzene rings is 2. The van der Waals surface area contributed by atoms with Gasteiger partial charge in [0.05, 0.1) is 19.8 Å². The van der Waals surface area contributed by atoms with Gasteiger partial charge in [-0.25, -0.2) is 4.79 Å². The third kappa shape index (κ3) is 6.26. The van der Waals surface area contributed by atoms with E-state index in [0.29, 0.717) is 43.7 Å². The first-order valence-electron chi connectivity index (χ1n) is 13.9. The van der Waals surface area contributed by atoms with E-state index >= 15 is 0 Å². The van der Waals surface area contributed by atoms with E-state index < -0.39 is 29.1 Å². The Kier molecular flexibility index (Phi) is 9.69. The fourth-order valence-electron chi connectivity index (χ4n) is 7.07. The standard InChI is InChI=1S/C31H42N2O6S/c1-30-15-14-27(39-29(37)33-21-9-7-10-22(16-21)40-4)31(2,19-34)26(30)13-12-24(35)23(30)17-28(36)32-18-20-8-5-6-11-25(20)38-3/h5-11,16,23-24,26-27,34-35H,12-15,17-19H2,1-4H3,(H,32,36)(H,33,37). The lowest BCUT2D eigenvalue weighted by atomic mass is 9.46. The predicted octanol–water partition coefficient (Wildman–Crippen LogP) is 5.23. The van der Waals surface area contributed by atoms with Crippen molar-refractivity contribution in [2.75, 3.05) is 25.3 Å². The number of hydrogen-bond acceptors (Lipinski definition) is 7. The quantitative estimate of drug-likeness (QED) is 0.305. The SMILES string of the molecule is COc1ccccc1CNC(=O)CC1C(O)CCC2C(C)(CO)C(OC(=O)Nc3cccc(SC)c3)CCC12C. The first kappa shape index (κ1) is 30.2. The number of fused-ring (bicyclic) bond motifs is 1. The van der Waals surface area contributed by atoms with Crippen molar-refractivity contribution in [3.05, 3.63) is 54.1 Å². The Morgan fingerprint density at radius 1 is 1.10 bits per heavy atom. The molecule has 0 saturated heterocycles. The Labute approximate surface area is 241 Å². The normalized spacial score (nSPS) is 29.6. The van der Waals surface area contributed by atoms with E-state index in [1.165, 1.54) is 0 Å². The lowest BCUT2D eigenvalue weighted by Crippen LogP contribution is -2.61. The molecule has 2 aliphatic rings. The maximum Gasteiger partial charge on any atom is 0.411 e. The summed E-state index contributed by atoms with van der Waals surface area (Å²) in [5.74, 6) is 0.268. The van der Waals surface area contributed by atoms with Crippen molar-refractivity contribution in [3.8, 4) is 5.75 Å². The number of carbonyl (C=O) groups excluding carboxylic acids is 2. The number of aliphatic hydroxyl groups excluding tert-OH is 2. The number of thioether (sulfide) groups is 1. The Morgan fingerprint density at radius 2 is 1.88 bits per heavy atom. The summed E-state index contributed by atoms with van der Waals surface area (Å²) in [5, 5.41) is 27.6. The minimum atomic E-state index is -0.711. The van der Waals surface area contributed by atoms with Crippen LogP contribution in [0.4, 0.5) is 10.5 Å². The van der Waals surface area contributed by atoms with Gasteiger partial charge in [-0.05, 0) is 73.5 Å². The van der Waals surface area contributed by atoms with Gasteiger partial charge in [0.15, 0.2) is 0 Å². The summed E-state index contributed by atoms with van der Waals surface area (Å²) < 4.78 is 11.3. The molecule has 0 heterocycles. The Balaban J connectivity index is 1.45. The summed E-state index contributed by atoms with van der Waals surface area (Å²) in [6, 6.07) is 15.1. The van der Waals surface area contributed by atoms with Crippen molar-refractivity contribution in [2.45, 2.75) is 69.6 Å². The van der Waals surface area contributed by atoms with Crippen molar-refractivity contribution in [3.63, 3.8) is 0 Å². The minimum absolute atomic E-state index is 0.0354. The van der Waals surface area contributed by atoms with Gasteiger partial charge in [-0.1, -0.05) is 38.1 Å². The smallest absolute Gasteiger partial charge is 0.411 e. The van der Waals surface area contributed by atoms with Crippen LogP contribution in [0.5, 0.6) is 5.75 Å². The highest BCUT2D eigenvalue weighted by Gasteiger charge is 2.60. The molecular formula is C31H42N2O6S. The number of ether oxygens (including phenoxy) is 2. The molecule has 6 atom stereocenters. The van der Waals surface area contributed by atoms with Crippen LogP contribution in [0, 0.1) is 22.7 Å². The second kappa shape index (κ2) is 12.8. The number of nitrogens with one attached hydrogen (secondary N) is 2. The number of anilines is 1. The fourth-order valence-corrected chi connectivity index (χ4v) is 7.53. The van der Waals surface area contributed by atoms with Gasteiger partial charge in [0.2, 0.25) is 5.91 Å². The zero-order valence-corrected chi connectivity index (χ0v) is 24.6. The number of rotatable bonds is 9. The molecule has 9 heteroatoms. The van der Waals surface area contributed by atoms with Gasteiger partial charge in [-0.3, -0.25) is 10.1 Å². The average molecular weight is 571 g/mol. The summed E-state index contributed by atoms with van der Waals surface area (Å²) in [6.07, 6.45) is 2.93. The van der Waals surface area contributed by atoms with Crippen LogP contribution in [-0.4, -0.2) is 54.4 Å². The first-order valence-corrected chi connectivity index (χ1v) is 15.2. The number of carbonyl (C=O) groups is 2. The van der Waals surface area contributed by atoms with Gasteiger partial charge in [-0.2, -0.15) is 0 Å². The van der Waals surface area contributed by atoms with Crippen molar-refractivity contribution in [1.82, 2.24) is 5.32 Å². The molecule has 4 N–H and O–H groups in total. The molecule has 2 fully saturated rings. The second-order valence-electron chi connectivity index (χ2n) is 11.6. The molecule has 218 valence electrons. The highest BCUT2D eigenvalue weighted by atomic mass is 32.2. The third-order valence-corrected chi connectivity index (χ3v) is 10.0. The highest BCUT2D eigenvalue weighted by molar-refractivity contribution is 7.98. The molecule has 0 spiro atoms. The van der Waals surface area contributed by atoms with Gasteiger partial charge >= 0.3 is 6.09 Å². The van der Waals surface area contributed by atoms with Crippen molar-refractivity contribution in [1.29, 1.82) is 0 Å². The summed E-state index contributed by atoms with van der Waals surface area (Å²) >= 11 is 1.59. The van der Waals surface area contributed by atoms with E-state index in [2.05, 4.69) is 17.6 Å². The Hall–Kier alpha value is -2.75. The monoisotopic (exact) mass is 570 g/mol. The van der Waals surface area contributed by atoms with Crippen molar-refractivity contribution in [2.24, 2.45) is 22.7 Å². The molecule has 0 radical (unpaired) electrons. The van der Waals surface area contributed by atoms with E-state index in [0.717, 1.165) is 10.5 Å². The predicted molar refractivity (Wildman–Crippen MR) is 156 cm³/mol. The lowest BCUT2D eigenvalue weighted by molar-refractivity contribution is -0.185. The van der Waals surface area contributed by atoms with E-state index in [-0.39, 0.29) is 30.8 Å². The van der Waals surface area contributed by atoms with E-state index in [1.807, 2.05) is 61.7 Å². The largest absolute Gasteiger partial charge is 0.496 e. The van der Waals surface area contributed by atoms with Crippen molar-refractivity contribution < 1.29 is 29.3 Å². The zero-order valence-electron chi connectivity index (χ0n) is 23.8. The van der Waals surface area contributed by atoms with Crippen LogP contribution < -0.4 is 15.4 Å². The maximum atomic E-state index is 13.1. The highest BCUT2D eigenvalue weighted by Crippen LogP contribution is 2.61. The van der Waals surface area contributed by atoms with Crippen LogP contribution in [0.25, 0.3) is 0 Å². The third-order valence-electron chi connectivity index (χ3n) is 9.32. The minimum Gasteiger partial charge on any atom is -0.496 e. The van der Waals surface area contributed by atoms with Crippen LogP contribution in [0.15, 0.2) is 53.4 Å². The molecular weight excluding hydrogens is 528 g/mol. The van der Waals surface area contributed by atoms with Crippen LogP contribution in [0.1, 0.15) is 51.5 Å². The number of hydrogen-bond donors (Lipinski definition) is 4. The van der Waals surface area contributed by atoms with Crippen LogP contribution in [0.2, 0.25) is 0 Å². The van der Waals surface area contributed by atoms with Crippen molar-refractivity contribution >= 4 is 29.4 Å². The van der Waals surface area contributed by atoms with Gasteiger partial charge in [0.1, 0.15) is 11.9 Å². The van der Waals surface area contributed by atoms with Crippen LogP contribution in [0.3, 0.4) is 0 Å². The molecule has 0 bridgehead atoms. The van der Waals surface area contributed by atoms with Gasteiger partial charge < -0.3 is 25.0 Å². The summed E-state index contributed by atoms with van der Waals surface area (Å²) in [7, 11) is 1.60.